The number of rotatable bonds is 3. The Morgan fingerprint density at radius 1 is 1.30 bits per heavy atom. The molecule has 0 atom stereocenters. The smallest absolute Gasteiger partial charge is 0.251 e. The highest BCUT2D eigenvalue weighted by molar-refractivity contribution is 5.94. The van der Waals surface area contributed by atoms with E-state index in [1.807, 2.05) is 36.4 Å². The first-order chi connectivity index (χ1) is 9.83. The molecule has 1 aromatic heterocycles. The molecule has 1 aliphatic rings. The maximum Gasteiger partial charge on any atom is 0.251 e. The van der Waals surface area contributed by atoms with E-state index in [9.17, 15) is 4.79 Å². The van der Waals surface area contributed by atoms with Crippen LogP contribution < -0.4 is 10.6 Å². The minimum atomic E-state index is -0.0518. The molecule has 0 fully saturated rings. The average molecular weight is 267 g/mol. The van der Waals surface area contributed by atoms with Crippen molar-refractivity contribution in [2.24, 2.45) is 0 Å². The highest BCUT2D eigenvalue weighted by atomic mass is 16.1. The summed E-state index contributed by atoms with van der Waals surface area (Å²) in [7, 11) is 0. The first kappa shape index (κ1) is 12.7. The van der Waals surface area contributed by atoms with Crippen LogP contribution in [0.5, 0.6) is 0 Å². The molecule has 0 unspecified atom stereocenters. The van der Waals surface area contributed by atoms with E-state index in [0.717, 1.165) is 30.8 Å². The average Bonchev–Trinajstić information content (AvgIpc) is 2.53. The van der Waals surface area contributed by atoms with E-state index in [1.165, 1.54) is 5.56 Å². The molecule has 0 radical (unpaired) electrons. The lowest BCUT2D eigenvalue weighted by Gasteiger charge is -2.18. The fourth-order valence-electron chi connectivity index (χ4n) is 2.39. The number of nitrogens with one attached hydrogen (secondary N) is 2. The van der Waals surface area contributed by atoms with Crippen LogP contribution in [0.3, 0.4) is 0 Å². The zero-order chi connectivity index (χ0) is 13.8. The van der Waals surface area contributed by atoms with Gasteiger partial charge in [0.1, 0.15) is 0 Å². The van der Waals surface area contributed by atoms with Crippen molar-refractivity contribution in [3.05, 3.63) is 59.4 Å². The lowest BCUT2D eigenvalue weighted by Crippen LogP contribution is -2.23. The van der Waals surface area contributed by atoms with Gasteiger partial charge in [-0.15, -0.1) is 0 Å². The van der Waals surface area contributed by atoms with Crippen molar-refractivity contribution in [1.29, 1.82) is 0 Å². The van der Waals surface area contributed by atoms with Gasteiger partial charge in [-0.25, -0.2) is 0 Å². The van der Waals surface area contributed by atoms with Crippen LogP contribution in [0.15, 0.2) is 42.6 Å². The van der Waals surface area contributed by atoms with E-state index in [-0.39, 0.29) is 5.91 Å². The lowest BCUT2D eigenvalue weighted by atomic mass is 10.0. The molecule has 2 N–H and O–H groups in total. The van der Waals surface area contributed by atoms with Crippen molar-refractivity contribution in [1.82, 2.24) is 10.3 Å². The van der Waals surface area contributed by atoms with Gasteiger partial charge in [0.15, 0.2) is 0 Å². The molecule has 2 heterocycles. The van der Waals surface area contributed by atoms with Crippen LogP contribution in [0, 0.1) is 0 Å². The van der Waals surface area contributed by atoms with Gasteiger partial charge in [-0.3, -0.25) is 9.78 Å². The van der Waals surface area contributed by atoms with Crippen molar-refractivity contribution in [2.45, 2.75) is 19.4 Å². The van der Waals surface area contributed by atoms with Gasteiger partial charge in [-0.1, -0.05) is 6.07 Å². The van der Waals surface area contributed by atoms with Crippen LogP contribution in [0.25, 0.3) is 0 Å². The second-order valence-corrected chi connectivity index (χ2v) is 4.91. The van der Waals surface area contributed by atoms with Crippen molar-refractivity contribution >= 4 is 11.6 Å². The number of pyridine rings is 1. The van der Waals surface area contributed by atoms with Gasteiger partial charge in [-0.05, 0) is 48.7 Å². The highest BCUT2D eigenvalue weighted by Crippen LogP contribution is 2.22. The number of nitrogens with zero attached hydrogens (tertiary/aromatic N) is 1. The van der Waals surface area contributed by atoms with E-state index in [1.54, 1.807) is 6.20 Å². The third kappa shape index (κ3) is 2.79. The number of benzene rings is 1. The Balaban J connectivity index is 1.68. The minimum absolute atomic E-state index is 0.0518. The lowest BCUT2D eigenvalue weighted by molar-refractivity contribution is 0.0950. The van der Waals surface area contributed by atoms with E-state index < -0.39 is 0 Å². The summed E-state index contributed by atoms with van der Waals surface area (Å²) < 4.78 is 0. The molecule has 1 amide bonds. The molecule has 1 aromatic carbocycles. The topological polar surface area (TPSA) is 54.0 Å². The van der Waals surface area contributed by atoms with Crippen LogP contribution >= 0.6 is 0 Å². The molecule has 0 saturated heterocycles. The van der Waals surface area contributed by atoms with Gasteiger partial charge in [0.2, 0.25) is 0 Å². The quantitative estimate of drug-likeness (QED) is 0.897. The van der Waals surface area contributed by atoms with Crippen LogP contribution in [-0.2, 0) is 13.0 Å². The van der Waals surface area contributed by atoms with Gasteiger partial charge >= 0.3 is 0 Å². The Hall–Kier alpha value is -2.36. The van der Waals surface area contributed by atoms with Crippen molar-refractivity contribution in [2.75, 3.05) is 11.9 Å². The number of carbonyl (C=O) groups is 1. The second kappa shape index (κ2) is 5.74. The van der Waals surface area contributed by atoms with Crippen molar-refractivity contribution in [3.63, 3.8) is 0 Å². The van der Waals surface area contributed by atoms with Gasteiger partial charge in [0.25, 0.3) is 5.91 Å². The summed E-state index contributed by atoms with van der Waals surface area (Å²) in [5, 5.41) is 6.25. The molecule has 0 aliphatic carbocycles. The third-order valence-electron chi connectivity index (χ3n) is 3.46. The van der Waals surface area contributed by atoms with Crippen LogP contribution in [-0.4, -0.2) is 17.4 Å². The van der Waals surface area contributed by atoms with Crippen molar-refractivity contribution < 1.29 is 4.79 Å². The first-order valence-corrected chi connectivity index (χ1v) is 6.88. The van der Waals surface area contributed by atoms with Gasteiger partial charge in [0, 0.05) is 24.0 Å². The summed E-state index contributed by atoms with van der Waals surface area (Å²) in [6.07, 6.45) is 3.88. The van der Waals surface area contributed by atoms with Crippen LogP contribution in [0.1, 0.15) is 28.0 Å². The number of carbonyl (C=O) groups excluding carboxylic acids is 1. The monoisotopic (exact) mass is 267 g/mol. The fourth-order valence-corrected chi connectivity index (χ4v) is 2.39. The maximum atomic E-state index is 12.1. The van der Waals surface area contributed by atoms with E-state index >= 15 is 0 Å². The molecule has 20 heavy (non-hydrogen) atoms. The minimum Gasteiger partial charge on any atom is -0.385 e. The molecule has 0 bridgehead atoms. The number of hydrogen-bond donors (Lipinski definition) is 2. The number of amides is 1. The van der Waals surface area contributed by atoms with Crippen LogP contribution in [0.2, 0.25) is 0 Å². The number of aromatic nitrogens is 1. The largest absolute Gasteiger partial charge is 0.385 e. The molecule has 4 heteroatoms. The normalized spacial score (nSPS) is 13.2. The Morgan fingerprint density at radius 2 is 2.25 bits per heavy atom. The molecule has 3 rings (SSSR count). The number of anilines is 1. The number of aryl methyl sites for hydroxylation is 1. The summed E-state index contributed by atoms with van der Waals surface area (Å²) in [6, 6.07) is 11.5. The molecule has 102 valence electrons. The standard InChI is InChI=1S/C16H17N3O/c20-16(19-11-14-5-1-2-8-17-14)13-6-7-15-12(10-13)4-3-9-18-15/h1-2,5-8,10,18H,3-4,9,11H2,(H,19,20). The van der Waals surface area contributed by atoms with E-state index in [2.05, 4.69) is 15.6 Å². The highest BCUT2D eigenvalue weighted by Gasteiger charge is 2.12. The van der Waals surface area contributed by atoms with Gasteiger partial charge < -0.3 is 10.6 Å². The third-order valence-corrected chi connectivity index (χ3v) is 3.46. The Bertz CT molecular complexity index is 610. The summed E-state index contributed by atoms with van der Waals surface area (Å²) in [5.74, 6) is -0.0518. The zero-order valence-electron chi connectivity index (χ0n) is 11.2. The summed E-state index contributed by atoms with van der Waals surface area (Å²) in [6.45, 7) is 1.47. The van der Waals surface area contributed by atoms with Gasteiger partial charge in [-0.2, -0.15) is 0 Å². The maximum absolute atomic E-state index is 12.1. The second-order valence-electron chi connectivity index (χ2n) is 4.91. The Kier molecular flexibility index (Phi) is 3.63. The molecular weight excluding hydrogens is 250 g/mol. The Labute approximate surface area is 118 Å². The summed E-state index contributed by atoms with van der Waals surface area (Å²) in [4.78, 5) is 16.3. The fraction of sp³-hybridized carbons (Fsp3) is 0.250. The number of fused-ring (bicyclic) bond motifs is 1. The molecule has 0 spiro atoms. The molecule has 4 nitrogen and oxygen atoms in total. The molecule has 2 aromatic rings. The molecular formula is C16H17N3O. The molecule has 1 aliphatic heterocycles. The molecule has 0 saturated carbocycles. The predicted octanol–water partition coefficient (Wildman–Crippen LogP) is 2.37. The predicted molar refractivity (Wildman–Crippen MR) is 78.7 cm³/mol. The Morgan fingerprint density at radius 3 is 3.10 bits per heavy atom. The van der Waals surface area contributed by atoms with Crippen molar-refractivity contribution in [3.8, 4) is 0 Å². The van der Waals surface area contributed by atoms with E-state index in [4.69, 9.17) is 0 Å². The summed E-state index contributed by atoms with van der Waals surface area (Å²) >= 11 is 0. The van der Waals surface area contributed by atoms with Gasteiger partial charge in [0.05, 0.1) is 12.2 Å². The van der Waals surface area contributed by atoms with E-state index in [0.29, 0.717) is 12.1 Å². The van der Waals surface area contributed by atoms with Crippen LogP contribution in [0.4, 0.5) is 5.69 Å². The number of hydrogen-bond acceptors (Lipinski definition) is 3. The first-order valence-electron chi connectivity index (χ1n) is 6.88. The zero-order valence-corrected chi connectivity index (χ0v) is 11.2. The SMILES string of the molecule is O=C(NCc1ccccn1)c1ccc2c(c1)CCCN2. The summed E-state index contributed by atoms with van der Waals surface area (Å²) in [5.41, 5.74) is 3.95.